The molecule has 0 saturated heterocycles. The zero-order valence-corrected chi connectivity index (χ0v) is 10.4. The highest BCUT2D eigenvalue weighted by atomic mass is 19.4. The summed E-state index contributed by atoms with van der Waals surface area (Å²) in [6.07, 6.45) is -8.88. The Labute approximate surface area is 110 Å². The predicted molar refractivity (Wildman–Crippen MR) is 56.5 cm³/mol. The molecule has 0 aliphatic rings. The number of alkyl halides is 5. The molecule has 0 spiro atoms. The van der Waals surface area contributed by atoms with Crippen molar-refractivity contribution in [2.24, 2.45) is 0 Å². The van der Waals surface area contributed by atoms with Crippen molar-refractivity contribution in [2.75, 3.05) is 14.2 Å². The third-order valence-corrected chi connectivity index (χ3v) is 2.34. The fraction of sp³-hybridized carbons (Fsp3) is 0.455. The van der Waals surface area contributed by atoms with Crippen molar-refractivity contribution in [1.29, 1.82) is 0 Å². The van der Waals surface area contributed by atoms with Crippen molar-refractivity contribution in [2.45, 2.75) is 19.0 Å². The summed E-state index contributed by atoms with van der Waals surface area (Å²) >= 11 is 0. The zero-order chi connectivity index (χ0) is 15.5. The number of esters is 1. The molecular formula is C11H10F5NO3. The molecule has 1 rings (SSSR count). The number of carbonyl (C=O) groups is 1. The van der Waals surface area contributed by atoms with E-state index in [2.05, 4.69) is 14.5 Å². The van der Waals surface area contributed by atoms with Gasteiger partial charge < -0.3 is 9.47 Å². The maximum atomic E-state index is 12.9. The van der Waals surface area contributed by atoms with Gasteiger partial charge in [0.15, 0.2) is 0 Å². The molecule has 0 radical (unpaired) electrons. The van der Waals surface area contributed by atoms with Crippen LogP contribution in [0.2, 0.25) is 0 Å². The molecule has 0 aliphatic heterocycles. The van der Waals surface area contributed by atoms with E-state index in [0.717, 1.165) is 14.2 Å². The second-order valence-electron chi connectivity index (χ2n) is 3.62. The fourth-order valence-electron chi connectivity index (χ4n) is 1.51. The first-order valence-electron chi connectivity index (χ1n) is 5.20. The highest BCUT2D eigenvalue weighted by Gasteiger charge is 2.39. The van der Waals surface area contributed by atoms with Crippen LogP contribution in [0.25, 0.3) is 0 Å². The van der Waals surface area contributed by atoms with Crippen LogP contribution in [0.3, 0.4) is 0 Å². The Morgan fingerprint density at radius 1 is 1.35 bits per heavy atom. The topological polar surface area (TPSA) is 48.4 Å². The number of pyridine rings is 1. The summed E-state index contributed by atoms with van der Waals surface area (Å²) in [4.78, 5) is 14.3. The number of carbonyl (C=O) groups excluding carboxylic acids is 1. The van der Waals surface area contributed by atoms with E-state index in [-0.39, 0.29) is 0 Å². The first-order valence-corrected chi connectivity index (χ1v) is 5.20. The molecule has 1 aromatic rings. The molecule has 1 heterocycles. The largest absolute Gasteiger partial charge is 0.496 e. The standard InChI is InChI=1S/C11H10F5NO3/c1-19-7-3-6(10(12)13)17-5(4-8(18)20-2)9(7)11(14,15)16/h3,10H,4H2,1-2H3. The predicted octanol–water partition coefficient (Wildman–Crippen LogP) is 2.76. The SMILES string of the molecule is COC(=O)Cc1nc(C(F)F)cc(OC)c1C(F)(F)F. The van der Waals surface area contributed by atoms with Gasteiger partial charge in [0.05, 0.1) is 26.3 Å². The van der Waals surface area contributed by atoms with Gasteiger partial charge in [-0.15, -0.1) is 0 Å². The van der Waals surface area contributed by atoms with Gasteiger partial charge >= 0.3 is 12.1 Å². The summed E-state index contributed by atoms with van der Waals surface area (Å²) in [6, 6.07) is 0.494. The van der Waals surface area contributed by atoms with Crippen molar-refractivity contribution >= 4 is 5.97 Å². The smallest absolute Gasteiger partial charge is 0.421 e. The summed E-state index contributed by atoms with van der Waals surface area (Å²) in [5.41, 5.74) is -3.14. The number of hydrogen-bond acceptors (Lipinski definition) is 4. The molecule has 0 saturated carbocycles. The van der Waals surface area contributed by atoms with Gasteiger partial charge in [0, 0.05) is 6.07 Å². The van der Waals surface area contributed by atoms with Crippen LogP contribution in [0.5, 0.6) is 5.75 Å². The van der Waals surface area contributed by atoms with Crippen LogP contribution in [0.15, 0.2) is 6.07 Å². The lowest BCUT2D eigenvalue weighted by atomic mass is 10.1. The molecule has 0 fully saturated rings. The van der Waals surface area contributed by atoms with Crippen LogP contribution in [0, 0.1) is 0 Å². The lowest BCUT2D eigenvalue weighted by molar-refractivity contribution is -0.142. The van der Waals surface area contributed by atoms with Gasteiger partial charge in [0.1, 0.15) is 17.0 Å². The van der Waals surface area contributed by atoms with Gasteiger partial charge in [-0.05, 0) is 0 Å². The quantitative estimate of drug-likeness (QED) is 0.633. The lowest BCUT2D eigenvalue weighted by Gasteiger charge is -2.16. The van der Waals surface area contributed by atoms with Crippen LogP contribution >= 0.6 is 0 Å². The number of rotatable bonds is 4. The Hall–Kier alpha value is -1.93. The van der Waals surface area contributed by atoms with E-state index in [9.17, 15) is 26.7 Å². The summed E-state index contributed by atoms with van der Waals surface area (Å²) in [6.45, 7) is 0. The highest BCUT2D eigenvalue weighted by molar-refractivity contribution is 5.72. The maximum Gasteiger partial charge on any atom is 0.421 e. The number of hydrogen-bond donors (Lipinski definition) is 0. The van der Waals surface area contributed by atoms with Crippen molar-refractivity contribution < 1.29 is 36.2 Å². The molecule has 0 aliphatic carbocycles. The van der Waals surface area contributed by atoms with Crippen LogP contribution in [-0.4, -0.2) is 25.2 Å². The average molecular weight is 299 g/mol. The molecule has 9 heteroatoms. The molecule has 20 heavy (non-hydrogen) atoms. The summed E-state index contributed by atoms with van der Waals surface area (Å²) in [7, 11) is 1.87. The van der Waals surface area contributed by atoms with Gasteiger partial charge in [-0.1, -0.05) is 0 Å². The maximum absolute atomic E-state index is 12.9. The summed E-state index contributed by atoms with van der Waals surface area (Å²) < 4.78 is 72.7. The van der Waals surface area contributed by atoms with Crippen molar-refractivity contribution in [3.05, 3.63) is 23.0 Å². The second-order valence-corrected chi connectivity index (χ2v) is 3.62. The first-order chi connectivity index (χ1) is 9.20. The Morgan fingerprint density at radius 2 is 1.95 bits per heavy atom. The Morgan fingerprint density at radius 3 is 2.35 bits per heavy atom. The van der Waals surface area contributed by atoms with Crippen LogP contribution in [0.1, 0.15) is 23.4 Å². The molecule has 0 N–H and O–H groups in total. The second kappa shape index (κ2) is 6.02. The van der Waals surface area contributed by atoms with Gasteiger partial charge in [-0.25, -0.2) is 8.78 Å². The summed E-state index contributed by atoms with van der Waals surface area (Å²) in [5.74, 6) is -1.85. The minimum atomic E-state index is -4.90. The lowest BCUT2D eigenvalue weighted by Crippen LogP contribution is -2.17. The number of methoxy groups -OCH3 is 2. The Balaban J connectivity index is 3.48. The van der Waals surface area contributed by atoms with E-state index in [1.54, 1.807) is 0 Å². The van der Waals surface area contributed by atoms with Crippen molar-refractivity contribution in [3.63, 3.8) is 0 Å². The molecule has 112 valence electrons. The average Bonchev–Trinajstić information content (AvgIpc) is 2.35. The normalized spacial score (nSPS) is 11.6. The molecule has 4 nitrogen and oxygen atoms in total. The molecule has 0 amide bonds. The van der Waals surface area contributed by atoms with Gasteiger partial charge in [-0.3, -0.25) is 9.78 Å². The monoisotopic (exact) mass is 299 g/mol. The third kappa shape index (κ3) is 3.55. The highest BCUT2D eigenvalue weighted by Crippen LogP contribution is 2.39. The van der Waals surface area contributed by atoms with Crippen LogP contribution < -0.4 is 4.74 Å². The van der Waals surface area contributed by atoms with Crippen molar-refractivity contribution in [3.8, 4) is 5.75 Å². The van der Waals surface area contributed by atoms with Gasteiger partial charge in [0.25, 0.3) is 6.43 Å². The molecule has 0 bridgehead atoms. The van der Waals surface area contributed by atoms with E-state index < -0.39 is 47.7 Å². The van der Waals surface area contributed by atoms with E-state index in [4.69, 9.17) is 0 Å². The van der Waals surface area contributed by atoms with E-state index in [0.29, 0.717) is 6.07 Å². The number of nitrogens with zero attached hydrogens (tertiary/aromatic N) is 1. The van der Waals surface area contributed by atoms with E-state index >= 15 is 0 Å². The minimum Gasteiger partial charge on any atom is -0.496 e. The van der Waals surface area contributed by atoms with Gasteiger partial charge in [-0.2, -0.15) is 13.2 Å². The molecule has 0 aromatic carbocycles. The zero-order valence-electron chi connectivity index (χ0n) is 10.4. The van der Waals surface area contributed by atoms with Crippen molar-refractivity contribution in [1.82, 2.24) is 4.98 Å². The molecule has 0 unspecified atom stereocenters. The molecule has 0 atom stereocenters. The molecular weight excluding hydrogens is 289 g/mol. The Bertz CT molecular complexity index is 502. The fourth-order valence-corrected chi connectivity index (χ4v) is 1.51. The van der Waals surface area contributed by atoms with Crippen LogP contribution in [-0.2, 0) is 22.1 Å². The van der Waals surface area contributed by atoms with Crippen LogP contribution in [0.4, 0.5) is 22.0 Å². The number of ether oxygens (including phenoxy) is 2. The first kappa shape index (κ1) is 16.1. The number of aromatic nitrogens is 1. The molecule has 1 aromatic heterocycles. The number of halogens is 5. The van der Waals surface area contributed by atoms with E-state index in [1.165, 1.54) is 0 Å². The Kier molecular flexibility index (Phi) is 4.85. The van der Waals surface area contributed by atoms with Gasteiger partial charge in [0.2, 0.25) is 0 Å². The minimum absolute atomic E-state index is 0.494. The summed E-state index contributed by atoms with van der Waals surface area (Å²) in [5, 5.41) is 0. The van der Waals surface area contributed by atoms with E-state index in [1.807, 2.05) is 0 Å². The third-order valence-electron chi connectivity index (χ3n) is 2.34.